The summed E-state index contributed by atoms with van der Waals surface area (Å²) < 4.78 is 5.21. The second-order valence-electron chi connectivity index (χ2n) is 6.49. The van der Waals surface area contributed by atoms with Gasteiger partial charge in [0.2, 0.25) is 0 Å². The van der Waals surface area contributed by atoms with Crippen molar-refractivity contribution in [2.75, 3.05) is 13.7 Å². The second kappa shape index (κ2) is 6.44. The van der Waals surface area contributed by atoms with Crippen LogP contribution in [0.15, 0.2) is 42.5 Å². The van der Waals surface area contributed by atoms with Crippen LogP contribution in [0, 0.1) is 11.3 Å². The third kappa shape index (κ3) is 3.38. The summed E-state index contributed by atoms with van der Waals surface area (Å²) in [5.41, 5.74) is 4.19. The van der Waals surface area contributed by atoms with E-state index >= 15 is 0 Å². The SMILES string of the molecule is COc1ccc(-c2cccc(CC3(C)CCCN3)c2)c(C#N)c1. The summed E-state index contributed by atoms with van der Waals surface area (Å²) in [6.45, 7) is 3.40. The van der Waals surface area contributed by atoms with Gasteiger partial charge in [-0.05, 0) is 67.6 Å². The van der Waals surface area contributed by atoms with Gasteiger partial charge in [0.1, 0.15) is 5.75 Å². The predicted octanol–water partition coefficient (Wildman–Crippen LogP) is 3.92. The lowest BCUT2D eigenvalue weighted by molar-refractivity contribution is 0.413. The van der Waals surface area contributed by atoms with Crippen molar-refractivity contribution in [3.8, 4) is 22.9 Å². The maximum absolute atomic E-state index is 9.42. The molecular weight excluding hydrogens is 284 g/mol. The number of hydrogen-bond donors (Lipinski definition) is 1. The standard InChI is InChI=1S/C20H22N2O/c1-20(9-4-10-22-20)13-15-5-3-6-16(11-15)19-8-7-18(23-2)12-17(19)14-21/h3,5-8,11-12,22H,4,9-10,13H2,1-2H3. The average molecular weight is 306 g/mol. The first kappa shape index (κ1) is 15.6. The van der Waals surface area contributed by atoms with Crippen LogP contribution in [0.3, 0.4) is 0 Å². The van der Waals surface area contributed by atoms with Crippen molar-refractivity contribution in [1.29, 1.82) is 5.26 Å². The third-order valence-electron chi connectivity index (χ3n) is 4.64. The van der Waals surface area contributed by atoms with Gasteiger partial charge in [-0.15, -0.1) is 0 Å². The number of hydrogen-bond acceptors (Lipinski definition) is 3. The number of nitrogens with zero attached hydrogens (tertiary/aromatic N) is 1. The van der Waals surface area contributed by atoms with Crippen LogP contribution in [0.5, 0.6) is 5.75 Å². The minimum atomic E-state index is 0.191. The van der Waals surface area contributed by atoms with Crippen LogP contribution in [0.1, 0.15) is 30.9 Å². The Morgan fingerprint density at radius 2 is 2.13 bits per heavy atom. The molecule has 3 rings (SSSR count). The Morgan fingerprint density at radius 1 is 1.26 bits per heavy atom. The van der Waals surface area contributed by atoms with Crippen LogP contribution in [-0.2, 0) is 6.42 Å². The van der Waals surface area contributed by atoms with Crippen molar-refractivity contribution < 1.29 is 4.74 Å². The molecule has 1 atom stereocenters. The van der Waals surface area contributed by atoms with Gasteiger partial charge in [0.25, 0.3) is 0 Å². The zero-order chi connectivity index (χ0) is 16.3. The number of benzene rings is 2. The van der Waals surface area contributed by atoms with Crippen LogP contribution in [0.25, 0.3) is 11.1 Å². The van der Waals surface area contributed by atoms with Crippen molar-refractivity contribution in [3.63, 3.8) is 0 Å². The molecule has 0 amide bonds. The molecule has 23 heavy (non-hydrogen) atoms. The number of nitriles is 1. The molecule has 1 fully saturated rings. The molecule has 1 saturated heterocycles. The Labute approximate surface area is 137 Å². The number of methoxy groups -OCH3 is 1. The van der Waals surface area contributed by atoms with Gasteiger partial charge in [0.05, 0.1) is 18.7 Å². The number of nitrogens with one attached hydrogen (secondary N) is 1. The Balaban J connectivity index is 1.92. The first-order chi connectivity index (χ1) is 11.1. The molecule has 1 heterocycles. The van der Waals surface area contributed by atoms with E-state index in [1.54, 1.807) is 13.2 Å². The fraction of sp³-hybridized carbons (Fsp3) is 0.350. The Morgan fingerprint density at radius 3 is 2.83 bits per heavy atom. The van der Waals surface area contributed by atoms with E-state index < -0.39 is 0 Å². The normalized spacial score (nSPS) is 20.2. The average Bonchev–Trinajstić information content (AvgIpc) is 3.00. The summed E-state index contributed by atoms with van der Waals surface area (Å²) >= 11 is 0. The minimum Gasteiger partial charge on any atom is -0.497 e. The summed E-state index contributed by atoms with van der Waals surface area (Å²) in [6, 6.07) is 16.5. The molecule has 3 heteroatoms. The Kier molecular flexibility index (Phi) is 4.36. The summed E-state index contributed by atoms with van der Waals surface area (Å²) in [7, 11) is 1.62. The van der Waals surface area contributed by atoms with Crippen molar-refractivity contribution >= 4 is 0 Å². The third-order valence-corrected chi connectivity index (χ3v) is 4.64. The van der Waals surface area contributed by atoms with Gasteiger partial charge in [-0.3, -0.25) is 0 Å². The van der Waals surface area contributed by atoms with Gasteiger partial charge < -0.3 is 10.1 Å². The van der Waals surface area contributed by atoms with Gasteiger partial charge in [-0.2, -0.15) is 5.26 Å². The van der Waals surface area contributed by atoms with Gasteiger partial charge in [-0.1, -0.05) is 24.3 Å². The van der Waals surface area contributed by atoms with Crippen LogP contribution in [-0.4, -0.2) is 19.2 Å². The number of ether oxygens (including phenoxy) is 1. The summed E-state index contributed by atoms with van der Waals surface area (Å²) in [5.74, 6) is 0.712. The summed E-state index contributed by atoms with van der Waals surface area (Å²) in [5, 5.41) is 13.0. The first-order valence-corrected chi connectivity index (χ1v) is 8.06. The molecule has 0 bridgehead atoms. The molecule has 1 unspecified atom stereocenters. The molecule has 1 N–H and O–H groups in total. The minimum absolute atomic E-state index is 0.191. The van der Waals surface area contributed by atoms with Crippen molar-refractivity contribution in [3.05, 3.63) is 53.6 Å². The van der Waals surface area contributed by atoms with E-state index in [9.17, 15) is 5.26 Å². The molecule has 3 nitrogen and oxygen atoms in total. The summed E-state index contributed by atoms with van der Waals surface area (Å²) in [6.07, 6.45) is 3.47. The van der Waals surface area contributed by atoms with Gasteiger partial charge in [-0.25, -0.2) is 0 Å². The van der Waals surface area contributed by atoms with Gasteiger partial charge >= 0.3 is 0 Å². The molecule has 118 valence electrons. The highest BCUT2D eigenvalue weighted by molar-refractivity contribution is 5.72. The zero-order valence-corrected chi connectivity index (χ0v) is 13.7. The van der Waals surface area contributed by atoms with E-state index in [0.717, 1.165) is 24.1 Å². The molecule has 2 aromatic rings. The molecule has 0 radical (unpaired) electrons. The second-order valence-corrected chi connectivity index (χ2v) is 6.49. The van der Waals surface area contributed by atoms with E-state index in [2.05, 4.69) is 42.6 Å². The lowest BCUT2D eigenvalue weighted by Gasteiger charge is -2.24. The monoisotopic (exact) mass is 306 g/mol. The van der Waals surface area contributed by atoms with Crippen molar-refractivity contribution in [1.82, 2.24) is 5.32 Å². The molecule has 0 aromatic heterocycles. The largest absolute Gasteiger partial charge is 0.497 e. The van der Waals surface area contributed by atoms with E-state index in [1.807, 2.05) is 12.1 Å². The van der Waals surface area contributed by atoms with Crippen molar-refractivity contribution in [2.24, 2.45) is 0 Å². The van der Waals surface area contributed by atoms with Crippen LogP contribution < -0.4 is 10.1 Å². The molecule has 1 aliphatic rings. The molecule has 0 saturated carbocycles. The maximum Gasteiger partial charge on any atom is 0.120 e. The van der Waals surface area contributed by atoms with Crippen molar-refractivity contribution in [2.45, 2.75) is 31.7 Å². The van der Waals surface area contributed by atoms with E-state index in [-0.39, 0.29) is 5.54 Å². The smallest absolute Gasteiger partial charge is 0.120 e. The molecular formula is C20H22N2O. The van der Waals surface area contributed by atoms with E-state index in [1.165, 1.54) is 18.4 Å². The highest BCUT2D eigenvalue weighted by Gasteiger charge is 2.28. The quantitative estimate of drug-likeness (QED) is 0.931. The van der Waals surface area contributed by atoms with Gasteiger partial charge in [0.15, 0.2) is 0 Å². The lowest BCUT2D eigenvalue weighted by Crippen LogP contribution is -2.38. The number of rotatable bonds is 4. The molecule has 2 aromatic carbocycles. The highest BCUT2D eigenvalue weighted by Crippen LogP contribution is 2.29. The topological polar surface area (TPSA) is 45.0 Å². The zero-order valence-electron chi connectivity index (χ0n) is 13.7. The lowest BCUT2D eigenvalue weighted by atomic mass is 9.89. The fourth-order valence-corrected chi connectivity index (χ4v) is 3.40. The predicted molar refractivity (Wildman–Crippen MR) is 92.5 cm³/mol. The van der Waals surface area contributed by atoms with Crippen LogP contribution >= 0.6 is 0 Å². The van der Waals surface area contributed by atoms with Crippen LogP contribution in [0.4, 0.5) is 0 Å². The molecule has 1 aliphatic heterocycles. The Hall–Kier alpha value is -2.31. The summed E-state index contributed by atoms with van der Waals surface area (Å²) in [4.78, 5) is 0. The van der Waals surface area contributed by atoms with E-state index in [4.69, 9.17) is 4.74 Å². The molecule has 0 spiro atoms. The Bertz CT molecular complexity index is 740. The first-order valence-electron chi connectivity index (χ1n) is 8.06. The fourth-order valence-electron chi connectivity index (χ4n) is 3.40. The maximum atomic E-state index is 9.42. The van der Waals surface area contributed by atoms with E-state index in [0.29, 0.717) is 11.3 Å². The molecule has 0 aliphatic carbocycles. The highest BCUT2D eigenvalue weighted by atomic mass is 16.5. The van der Waals surface area contributed by atoms with Gasteiger partial charge in [0, 0.05) is 5.54 Å². The van der Waals surface area contributed by atoms with Crippen LogP contribution in [0.2, 0.25) is 0 Å².